The van der Waals surface area contributed by atoms with Crippen LogP contribution in [-0.4, -0.2) is 51.2 Å². The minimum absolute atomic E-state index is 0.0520. The number of benzene rings is 1. The lowest BCUT2D eigenvalue weighted by Crippen LogP contribution is -2.43. The van der Waals surface area contributed by atoms with Gasteiger partial charge in [0, 0.05) is 38.4 Å². The first-order valence-electron chi connectivity index (χ1n) is 8.80. The van der Waals surface area contributed by atoms with Gasteiger partial charge in [0.1, 0.15) is 0 Å². The Labute approximate surface area is 142 Å². The van der Waals surface area contributed by atoms with E-state index >= 15 is 0 Å². The highest BCUT2D eigenvalue weighted by Crippen LogP contribution is 2.36. The summed E-state index contributed by atoms with van der Waals surface area (Å²) >= 11 is 0. The van der Waals surface area contributed by atoms with Gasteiger partial charge in [-0.2, -0.15) is 5.10 Å². The van der Waals surface area contributed by atoms with E-state index in [1.54, 1.807) is 0 Å². The van der Waals surface area contributed by atoms with Crippen LogP contribution in [0.5, 0.6) is 0 Å². The molecule has 1 aromatic heterocycles. The van der Waals surface area contributed by atoms with Crippen molar-refractivity contribution in [3.05, 3.63) is 53.9 Å². The Hall–Kier alpha value is -1.69. The van der Waals surface area contributed by atoms with E-state index < -0.39 is 0 Å². The molecule has 128 valence electrons. The van der Waals surface area contributed by atoms with Crippen molar-refractivity contribution in [1.82, 2.24) is 14.7 Å². The van der Waals surface area contributed by atoms with E-state index in [9.17, 15) is 5.11 Å². The number of piperidine rings is 1. The molecule has 1 spiro atoms. The van der Waals surface area contributed by atoms with Crippen LogP contribution in [0.4, 0.5) is 0 Å². The highest BCUT2D eigenvalue weighted by atomic mass is 16.5. The van der Waals surface area contributed by atoms with Crippen LogP contribution in [0.15, 0.2) is 42.7 Å². The lowest BCUT2D eigenvalue weighted by atomic mass is 9.88. The fourth-order valence-corrected chi connectivity index (χ4v) is 3.88. The van der Waals surface area contributed by atoms with Crippen molar-refractivity contribution >= 4 is 0 Å². The van der Waals surface area contributed by atoms with Gasteiger partial charge in [-0.25, -0.2) is 0 Å². The molecule has 4 rings (SSSR count). The number of nitrogens with zero attached hydrogens (tertiary/aromatic N) is 3. The number of hydrogen-bond donors (Lipinski definition) is 1. The van der Waals surface area contributed by atoms with Crippen LogP contribution in [-0.2, 0) is 17.8 Å². The van der Waals surface area contributed by atoms with E-state index in [0.29, 0.717) is 6.61 Å². The zero-order valence-corrected chi connectivity index (χ0v) is 14.0. The van der Waals surface area contributed by atoms with E-state index in [1.165, 1.54) is 11.1 Å². The number of aromatic nitrogens is 2. The largest absolute Gasteiger partial charge is 0.391 e. The average Bonchev–Trinajstić information content (AvgIpc) is 3.22. The Morgan fingerprint density at radius 3 is 2.42 bits per heavy atom. The highest BCUT2D eigenvalue weighted by molar-refractivity contribution is 5.22. The quantitative estimate of drug-likeness (QED) is 0.934. The van der Waals surface area contributed by atoms with Gasteiger partial charge >= 0.3 is 0 Å². The molecule has 5 nitrogen and oxygen atoms in total. The number of aliphatic hydroxyl groups is 1. The van der Waals surface area contributed by atoms with Crippen LogP contribution in [0, 0.1) is 0 Å². The minimum atomic E-state index is -0.265. The van der Waals surface area contributed by atoms with Gasteiger partial charge in [0.2, 0.25) is 0 Å². The third-order valence-corrected chi connectivity index (χ3v) is 5.29. The summed E-state index contributed by atoms with van der Waals surface area (Å²) in [5.74, 6) is 0. The molecule has 0 amide bonds. The molecule has 0 radical (unpaired) electrons. The van der Waals surface area contributed by atoms with E-state index in [4.69, 9.17) is 4.74 Å². The summed E-state index contributed by atoms with van der Waals surface area (Å²) in [5, 5.41) is 14.0. The third-order valence-electron chi connectivity index (χ3n) is 5.29. The molecule has 0 bridgehead atoms. The highest BCUT2D eigenvalue weighted by Gasteiger charge is 2.41. The first-order valence-corrected chi connectivity index (χ1v) is 8.80. The van der Waals surface area contributed by atoms with Crippen LogP contribution >= 0.6 is 0 Å². The molecule has 0 unspecified atom stereocenters. The predicted molar refractivity (Wildman–Crippen MR) is 91.6 cm³/mol. The molecule has 0 saturated carbocycles. The van der Waals surface area contributed by atoms with Crippen LogP contribution in [0.1, 0.15) is 30.4 Å². The van der Waals surface area contributed by atoms with Crippen molar-refractivity contribution in [2.45, 2.75) is 44.1 Å². The van der Waals surface area contributed by atoms with Gasteiger partial charge in [0.25, 0.3) is 0 Å². The lowest BCUT2D eigenvalue weighted by molar-refractivity contribution is -0.0456. The second kappa shape index (κ2) is 6.67. The first-order chi connectivity index (χ1) is 11.7. The molecule has 2 saturated heterocycles. The van der Waals surface area contributed by atoms with Gasteiger partial charge in [0.15, 0.2) is 0 Å². The molecule has 1 N–H and O–H groups in total. The van der Waals surface area contributed by atoms with Gasteiger partial charge in [-0.3, -0.25) is 9.58 Å². The summed E-state index contributed by atoms with van der Waals surface area (Å²) in [6, 6.07) is 10.8. The summed E-state index contributed by atoms with van der Waals surface area (Å²) in [7, 11) is 0. The molecule has 1 atom stereocenters. The maximum Gasteiger partial charge on any atom is 0.0801 e. The normalized spacial score (nSPS) is 23.8. The van der Waals surface area contributed by atoms with Crippen LogP contribution in [0.25, 0.3) is 0 Å². The van der Waals surface area contributed by atoms with E-state index in [-0.39, 0.29) is 11.7 Å². The smallest absolute Gasteiger partial charge is 0.0801 e. The van der Waals surface area contributed by atoms with Crippen molar-refractivity contribution in [3.8, 4) is 0 Å². The predicted octanol–water partition coefficient (Wildman–Crippen LogP) is 2.05. The molecule has 24 heavy (non-hydrogen) atoms. The van der Waals surface area contributed by atoms with E-state index in [1.807, 2.05) is 23.1 Å². The lowest BCUT2D eigenvalue weighted by Gasteiger charge is -2.38. The number of likely N-dealkylation sites (tertiary alicyclic amines) is 1. The van der Waals surface area contributed by atoms with E-state index in [2.05, 4.69) is 34.3 Å². The molecular weight excluding hydrogens is 302 g/mol. The Morgan fingerprint density at radius 2 is 1.83 bits per heavy atom. The number of rotatable bonds is 4. The Kier molecular flexibility index (Phi) is 4.39. The molecule has 2 aliphatic rings. The molecular formula is C19H25N3O2. The van der Waals surface area contributed by atoms with Crippen LogP contribution in [0.2, 0.25) is 0 Å². The maximum atomic E-state index is 9.72. The topological polar surface area (TPSA) is 50.5 Å². The van der Waals surface area contributed by atoms with Gasteiger partial charge in [0.05, 0.1) is 24.9 Å². The van der Waals surface area contributed by atoms with Crippen molar-refractivity contribution in [3.63, 3.8) is 0 Å². The van der Waals surface area contributed by atoms with Gasteiger partial charge in [-0.05, 0) is 30.0 Å². The fourth-order valence-electron chi connectivity index (χ4n) is 3.88. The van der Waals surface area contributed by atoms with Gasteiger partial charge < -0.3 is 9.84 Å². The Balaban J connectivity index is 1.30. The molecule has 2 fully saturated rings. The van der Waals surface area contributed by atoms with Crippen molar-refractivity contribution in [1.29, 1.82) is 0 Å². The fraction of sp³-hybridized carbons (Fsp3) is 0.526. The summed E-state index contributed by atoms with van der Waals surface area (Å²) in [5.41, 5.74) is 2.57. The first kappa shape index (κ1) is 15.8. The minimum Gasteiger partial charge on any atom is -0.391 e. The number of ether oxygens (including phenoxy) is 1. The van der Waals surface area contributed by atoms with Crippen LogP contribution in [0.3, 0.4) is 0 Å². The molecule has 2 aromatic rings. The van der Waals surface area contributed by atoms with Crippen molar-refractivity contribution < 1.29 is 9.84 Å². The average molecular weight is 327 g/mol. The third kappa shape index (κ3) is 3.53. The molecule has 1 aromatic carbocycles. The molecule has 0 aliphatic carbocycles. The van der Waals surface area contributed by atoms with E-state index in [0.717, 1.165) is 45.4 Å². The number of hydrogen-bond acceptors (Lipinski definition) is 4. The summed E-state index contributed by atoms with van der Waals surface area (Å²) in [4.78, 5) is 2.49. The summed E-state index contributed by atoms with van der Waals surface area (Å²) in [6.07, 6.45) is 6.40. The second-order valence-corrected chi connectivity index (χ2v) is 7.15. The molecule has 5 heteroatoms. The summed E-state index contributed by atoms with van der Waals surface area (Å²) in [6.45, 7) is 4.40. The number of aliphatic hydroxyl groups excluding tert-OH is 1. The van der Waals surface area contributed by atoms with Gasteiger partial charge in [-0.15, -0.1) is 0 Å². The second-order valence-electron chi connectivity index (χ2n) is 7.15. The monoisotopic (exact) mass is 327 g/mol. The zero-order chi connectivity index (χ0) is 16.4. The zero-order valence-electron chi connectivity index (χ0n) is 14.0. The summed E-state index contributed by atoms with van der Waals surface area (Å²) < 4.78 is 7.81. The molecule has 2 aliphatic heterocycles. The van der Waals surface area contributed by atoms with Crippen molar-refractivity contribution in [2.75, 3.05) is 19.7 Å². The van der Waals surface area contributed by atoms with Crippen molar-refractivity contribution in [2.24, 2.45) is 0 Å². The van der Waals surface area contributed by atoms with Gasteiger partial charge in [-0.1, -0.05) is 24.3 Å². The Bertz CT molecular complexity index is 646. The maximum absolute atomic E-state index is 9.72. The standard InChI is InChI=1S/C19H25N3O2/c23-18-12-19(24-15-18)6-10-21(11-7-19)13-16-2-4-17(5-3-16)14-22-9-1-8-20-22/h1-5,8-9,18,23H,6-7,10-15H2/t18-/m0/s1. The molecule has 3 heterocycles. The van der Waals surface area contributed by atoms with Crippen LogP contribution < -0.4 is 0 Å². The Morgan fingerprint density at radius 1 is 1.12 bits per heavy atom. The SMILES string of the molecule is O[C@@H]1COC2(CCN(Cc3ccc(Cn4cccn4)cc3)CC2)C1.